The molecule has 0 aliphatic carbocycles. The highest BCUT2D eigenvalue weighted by atomic mass is 16.2. The molecule has 0 saturated heterocycles. The summed E-state index contributed by atoms with van der Waals surface area (Å²) in [4.78, 5) is 22.0. The Kier molecular flexibility index (Phi) is 11.1. The standard InChI is InChI=1S/C15H31N3O2/c1-12(2)18-11-13(3)7-4-5-10-17-15(20)9-6-8-14(16)19/h12-13,18H,4-11H2,1-3H3,(H2,16,19)(H,17,20). The number of hydrogen-bond acceptors (Lipinski definition) is 3. The monoisotopic (exact) mass is 285 g/mol. The van der Waals surface area contributed by atoms with E-state index in [1.54, 1.807) is 0 Å². The third kappa shape index (κ3) is 13.3. The van der Waals surface area contributed by atoms with Gasteiger partial charge in [0.25, 0.3) is 0 Å². The number of nitrogens with two attached hydrogens (primary N) is 1. The van der Waals surface area contributed by atoms with Crippen molar-refractivity contribution in [3.8, 4) is 0 Å². The van der Waals surface area contributed by atoms with Gasteiger partial charge in [-0.3, -0.25) is 9.59 Å². The summed E-state index contributed by atoms with van der Waals surface area (Å²) < 4.78 is 0. The summed E-state index contributed by atoms with van der Waals surface area (Å²) in [6.45, 7) is 8.33. The zero-order chi connectivity index (χ0) is 15.4. The van der Waals surface area contributed by atoms with E-state index in [1.165, 1.54) is 6.42 Å². The summed E-state index contributed by atoms with van der Waals surface area (Å²) in [5.74, 6) is 0.339. The SMILES string of the molecule is CC(CCCCNC(=O)CCCC(N)=O)CNC(C)C. The van der Waals surface area contributed by atoms with Crippen molar-refractivity contribution in [2.75, 3.05) is 13.1 Å². The second-order valence-corrected chi connectivity index (χ2v) is 5.83. The van der Waals surface area contributed by atoms with Crippen LogP contribution >= 0.6 is 0 Å². The summed E-state index contributed by atoms with van der Waals surface area (Å²) in [5, 5.41) is 6.30. The highest BCUT2D eigenvalue weighted by molar-refractivity contribution is 5.77. The van der Waals surface area contributed by atoms with Gasteiger partial charge in [-0.1, -0.05) is 27.2 Å². The summed E-state index contributed by atoms with van der Waals surface area (Å²) in [6, 6.07) is 0.539. The van der Waals surface area contributed by atoms with Crippen LogP contribution in [0.4, 0.5) is 0 Å². The van der Waals surface area contributed by atoms with Crippen molar-refractivity contribution in [3.63, 3.8) is 0 Å². The van der Waals surface area contributed by atoms with Crippen LogP contribution in [0.15, 0.2) is 0 Å². The Morgan fingerprint density at radius 2 is 1.75 bits per heavy atom. The Bertz CT molecular complexity index is 280. The summed E-state index contributed by atoms with van der Waals surface area (Å²) in [6.07, 6.45) is 4.53. The van der Waals surface area contributed by atoms with E-state index < -0.39 is 0 Å². The zero-order valence-corrected chi connectivity index (χ0v) is 13.2. The van der Waals surface area contributed by atoms with Crippen LogP contribution in [-0.2, 0) is 9.59 Å². The molecule has 118 valence electrons. The van der Waals surface area contributed by atoms with E-state index >= 15 is 0 Å². The molecule has 2 amide bonds. The Morgan fingerprint density at radius 3 is 2.35 bits per heavy atom. The van der Waals surface area contributed by atoms with Crippen LogP contribution in [0.1, 0.15) is 59.3 Å². The molecule has 0 aromatic carbocycles. The van der Waals surface area contributed by atoms with E-state index in [0.717, 1.165) is 25.9 Å². The van der Waals surface area contributed by atoms with Crippen molar-refractivity contribution in [2.45, 2.75) is 65.3 Å². The first-order valence-electron chi connectivity index (χ1n) is 7.70. The fourth-order valence-electron chi connectivity index (χ4n) is 1.90. The molecule has 1 atom stereocenters. The Balaban J connectivity index is 3.38. The Labute approximate surface area is 123 Å². The van der Waals surface area contributed by atoms with Crippen LogP contribution in [0.25, 0.3) is 0 Å². The smallest absolute Gasteiger partial charge is 0.220 e. The van der Waals surface area contributed by atoms with Crippen molar-refractivity contribution >= 4 is 11.8 Å². The molecule has 0 saturated carbocycles. The number of hydrogen-bond donors (Lipinski definition) is 3. The van der Waals surface area contributed by atoms with Gasteiger partial charge in [0.2, 0.25) is 11.8 Å². The Hall–Kier alpha value is -1.10. The van der Waals surface area contributed by atoms with Gasteiger partial charge >= 0.3 is 0 Å². The summed E-state index contributed by atoms with van der Waals surface area (Å²) in [7, 11) is 0. The molecule has 0 aromatic rings. The van der Waals surface area contributed by atoms with Gasteiger partial charge < -0.3 is 16.4 Å². The second kappa shape index (κ2) is 11.7. The average Bonchev–Trinajstić information content (AvgIpc) is 2.35. The fourth-order valence-corrected chi connectivity index (χ4v) is 1.90. The lowest BCUT2D eigenvalue weighted by atomic mass is 10.0. The first kappa shape index (κ1) is 18.9. The fraction of sp³-hybridized carbons (Fsp3) is 0.867. The lowest BCUT2D eigenvalue weighted by Gasteiger charge is -2.14. The molecular formula is C15H31N3O2. The van der Waals surface area contributed by atoms with Gasteiger partial charge in [0, 0.05) is 25.4 Å². The third-order valence-electron chi connectivity index (χ3n) is 3.15. The van der Waals surface area contributed by atoms with Crippen molar-refractivity contribution in [3.05, 3.63) is 0 Å². The molecule has 0 fully saturated rings. The minimum atomic E-state index is -0.346. The van der Waals surface area contributed by atoms with Crippen molar-refractivity contribution < 1.29 is 9.59 Å². The van der Waals surface area contributed by atoms with Gasteiger partial charge in [0.1, 0.15) is 0 Å². The number of rotatable bonds is 12. The van der Waals surface area contributed by atoms with Crippen LogP contribution in [0, 0.1) is 5.92 Å². The first-order valence-corrected chi connectivity index (χ1v) is 7.70. The molecule has 0 radical (unpaired) electrons. The topological polar surface area (TPSA) is 84.2 Å². The van der Waals surface area contributed by atoms with Gasteiger partial charge in [-0.15, -0.1) is 0 Å². The molecule has 0 aromatic heterocycles. The largest absolute Gasteiger partial charge is 0.370 e. The molecule has 0 heterocycles. The third-order valence-corrected chi connectivity index (χ3v) is 3.15. The van der Waals surface area contributed by atoms with Gasteiger partial charge in [0.15, 0.2) is 0 Å². The predicted molar refractivity (Wildman–Crippen MR) is 82.2 cm³/mol. The quantitative estimate of drug-likeness (QED) is 0.476. The summed E-state index contributed by atoms with van der Waals surface area (Å²) in [5.41, 5.74) is 5.01. The van der Waals surface area contributed by atoms with Gasteiger partial charge in [-0.05, 0) is 31.7 Å². The highest BCUT2D eigenvalue weighted by Crippen LogP contribution is 2.06. The molecule has 0 spiro atoms. The molecule has 5 heteroatoms. The maximum absolute atomic E-state index is 11.4. The lowest BCUT2D eigenvalue weighted by molar-refractivity contribution is -0.121. The molecule has 5 nitrogen and oxygen atoms in total. The number of amides is 2. The minimum absolute atomic E-state index is 0.0146. The minimum Gasteiger partial charge on any atom is -0.370 e. The lowest BCUT2D eigenvalue weighted by Crippen LogP contribution is -2.28. The number of carbonyl (C=O) groups is 2. The van der Waals surface area contributed by atoms with E-state index in [9.17, 15) is 9.59 Å². The normalized spacial score (nSPS) is 12.4. The Morgan fingerprint density at radius 1 is 1.05 bits per heavy atom. The van der Waals surface area contributed by atoms with Gasteiger partial charge in [0.05, 0.1) is 0 Å². The van der Waals surface area contributed by atoms with E-state index in [-0.39, 0.29) is 18.2 Å². The molecule has 1 unspecified atom stereocenters. The molecular weight excluding hydrogens is 254 g/mol. The predicted octanol–water partition coefficient (Wildman–Crippen LogP) is 1.56. The van der Waals surface area contributed by atoms with Gasteiger partial charge in [-0.25, -0.2) is 0 Å². The van der Waals surface area contributed by atoms with Crippen molar-refractivity contribution in [1.29, 1.82) is 0 Å². The molecule has 4 N–H and O–H groups in total. The molecule has 0 aliphatic heterocycles. The van der Waals surface area contributed by atoms with E-state index in [2.05, 4.69) is 31.4 Å². The maximum Gasteiger partial charge on any atom is 0.220 e. The van der Waals surface area contributed by atoms with Crippen LogP contribution in [0.2, 0.25) is 0 Å². The van der Waals surface area contributed by atoms with Crippen LogP contribution in [-0.4, -0.2) is 30.9 Å². The first-order chi connectivity index (χ1) is 9.41. The molecule has 0 aliphatic rings. The van der Waals surface area contributed by atoms with Crippen molar-refractivity contribution in [2.24, 2.45) is 11.7 Å². The number of carbonyl (C=O) groups excluding carboxylic acids is 2. The second-order valence-electron chi connectivity index (χ2n) is 5.83. The maximum atomic E-state index is 11.4. The van der Waals surface area contributed by atoms with E-state index in [1.807, 2.05) is 0 Å². The molecule has 0 rings (SSSR count). The highest BCUT2D eigenvalue weighted by Gasteiger charge is 2.04. The zero-order valence-electron chi connectivity index (χ0n) is 13.2. The number of nitrogens with one attached hydrogen (secondary N) is 2. The van der Waals surface area contributed by atoms with Gasteiger partial charge in [-0.2, -0.15) is 0 Å². The van der Waals surface area contributed by atoms with Crippen LogP contribution < -0.4 is 16.4 Å². The summed E-state index contributed by atoms with van der Waals surface area (Å²) >= 11 is 0. The molecule has 0 bridgehead atoms. The number of primary amides is 1. The number of unbranched alkanes of at least 4 members (excludes halogenated alkanes) is 1. The van der Waals surface area contributed by atoms with E-state index in [0.29, 0.717) is 24.8 Å². The average molecular weight is 285 g/mol. The van der Waals surface area contributed by atoms with Crippen LogP contribution in [0.5, 0.6) is 0 Å². The van der Waals surface area contributed by atoms with E-state index in [4.69, 9.17) is 5.73 Å². The van der Waals surface area contributed by atoms with Crippen LogP contribution in [0.3, 0.4) is 0 Å². The molecule has 20 heavy (non-hydrogen) atoms. The van der Waals surface area contributed by atoms with Crippen molar-refractivity contribution in [1.82, 2.24) is 10.6 Å².